The van der Waals surface area contributed by atoms with Crippen LogP contribution in [0.4, 0.5) is 0 Å². The maximum Gasteiger partial charge on any atom is 0.345 e. The van der Waals surface area contributed by atoms with Gasteiger partial charge in [-0.05, 0) is 44.1 Å². The lowest BCUT2D eigenvalue weighted by Gasteiger charge is -2.61. The summed E-state index contributed by atoms with van der Waals surface area (Å²) in [6.07, 6.45) is -6.77. The number of carboxylic acids is 2. The van der Waals surface area contributed by atoms with Gasteiger partial charge in [-0.1, -0.05) is 6.07 Å². The summed E-state index contributed by atoms with van der Waals surface area (Å²) in [6, 6.07) is 3.42. The van der Waals surface area contributed by atoms with Gasteiger partial charge in [-0.25, -0.2) is 14.4 Å². The van der Waals surface area contributed by atoms with Crippen LogP contribution in [0.2, 0.25) is 0 Å². The molecule has 0 radical (unpaired) electrons. The van der Waals surface area contributed by atoms with Crippen LogP contribution in [0.5, 0.6) is 11.5 Å². The number of benzene rings is 1. The molecule has 14 heteroatoms. The number of piperidine rings is 1. The third-order valence-electron chi connectivity index (χ3n) is 8.45. The minimum absolute atomic E-state index is 0.0435. The SMILES string of the molecule is COc1ccc2c3c1O[C@H]1C(OC(=O)[C@H](O)[C@@H](O)C(=O)O[C@@H](CC(=O)O)C(=O)O)=CC[C@@]4(O)[C@H](C2)N(C)CC[C@]314. The van der Waals surface area contributed by atoms with Crippen LogP contribution >= 0.6 is 0 Å². The molecule has 0 saturated carbocycles. The van der Waals surface area contributed by atoms with Crippen molar-refractivity contribution in [2.45, 2.75) is 67.2 Å². The Morgan fingerprint density at radius 2 is 1.85 bits per heavy atom. The van der Waals surface area contributed by atoms with Crippen molar-refractivity contribution < 1.29 is 63.7 Å². The fourth-order valence-corrected chi connectivity index (χ4v) is 6.57. The first-order chi connectivity index (χ1) is 18.9. The van der Waals surface area contributed by atoms with Crippen LogP contribution < -0.4 is 9.47 Å². The summed E-state index contributed by atoms with van der Waals surface area (Å²) in [5.74, 6) is -5.77. The Bertz CT molecular complexity index is 1310. The predicted molar refractivity (Wildman–Crippen MR) is 129 cm³/mol. The zero-order valence-electron chi connectivity index (χ0n) is 21.6. The molecule has 40 heavy (non-hydrogen) atoms. The van der Waals surface area contributed by atoms with Crippen molar-refractivity contribution >= 4 is 23.9 Å². The highest BCUT2D eigenvalue weighted by Crippen LogP contribution is 2.65. The molecular weight excluding hydrogens is 534 g/mol. The van der Waals surface area contributed by atoms with Gasteiger partial charge in [0.1, 0.15) is 5.76 Å². The van der Waals surface area contributed by atoms with E-state index < -0.39 is 65.7 Å². The fraction of sp³-hybridized carbons (Fsp3) is 0.538. The number of aliphatic carboxylic acids is 2. The van der Waals surface area contributed by atoms with Gasteiger partial charge in [0.05, 0.1) is 24.5 Å². The normalized spacial score (nSPS) is 30.1. The summed E-state index contributed by atoms with van der Waals surface area (Å²) in [5.41, 5.74) is -0.573. The highest BCUT2D eigenvalue weighted by atomic mass is 16.6. The second-order valence-electron chi connectivity index (χ2n) is 10.5. The summed E-state index contributed by atoms with van der Waals surface area (Å²) in [7, 11) is 3.41. The van der Waals surface area contributed by atoms with E-state index in [1.807, 2.05) is 13.1 Å². The Morgan fingerprint density at radius 1 is 1.15 bits per heavy atom. The molecule has 5 rings (SSSR count). The number of hydrogen-bond donors (Lipinski definition) is 5. The van der Waals surface area contributed by atoms with Crippen molar-refractivity contribution in [2.75, 3.05) is 20.7 Å². The monoisotopic (exact) mass is 563 g/mol. The molecule has 1 aromatic carbocycles. The second kappa shape index (κ2) is 9.73. The number of rotatable bonds is 9. The maximum absolute atomic E-state index is 12.9. The molecule has 5 N–H and O–H groups in total. The molecule has 1 saturated heterocycles. The number of carbonyl (C=O) groups is 4. The highest BCUT2D eigenvalue weighted by Gasteiger charge is 2.72. The van der Waals surface area contributed by atoms with Gasteiger partial charge >= 0.3 is 23.9 Å². The summed E-state index contributed by atoms with van der Waals surface area (Å²) in [4.78, 5) is 49.1. The van der Waals surface area contributed by atoms with Gasteiger partial charge < -0.3 is 49.4 Å². The first kappa shape index (κ1) is 27.8. The van der Waals surface area contributed by atoms with E-state index in [4.69, 9.17) is 24.4 Å². The minimum Gasteiger partial charge on any atom is -0.493 e. The van der Waals surface area contributed by atoms with Crippen LogP contribution in [-0.2, 0) is 40.5 Å². The number of likely N-dealkylation sites (N-methyl/N-ethyl adjacent to an activating group) is 1. The predicted octanol–water partition coefficient (Wildman–Crippen LogP) is -1.29. The van der Waals surface area contributed by atoms with E-state index in [-0.39, 0.29) is 18.2 Å². The van der Waals surface area contributed by atoms with E-state index >= 15 is 0 Å². The van der Waals surface area contributed by atoms with Gasteiger partial charge in [0.15, 0.2) is 29.8 Å². The van der Waals surface area contributed by atoms with Gasteiger partial charge in [-0.15, -0.1) is 0 Å². The molecule has 1 aromatic rings. The molecule has 2 bridgehead atoms. The van der Waals surface area contributed by atoms with Crippen LogP contribution in [-0.4, -0.2) is 111 Å². The van der Waals surface area contributed by atoms with Crippen molar-refractivity contribution in [3.8, 4) is 11.5 Å². The molecular formula is C26H29NO13. The molecule has 216 valence electrons. The Kier molecular flexibility index (Phi) is 6.77. The van der Waals surface area contributed by atoms with Crippen molar-refractivity contribution in [3.63, 3.8) is 0 Å². The quantitative estimate of drug-likeness (QED) is 0.221. The molecule has 0 amide bonds. The lowest BCUT2D eigenvalue weighted by molar-refractivity contribution is -0.184. The van der Waals surface area contributed by atoms with Crippen LogP contribution in [0.15, 0.2) is 24.0 Å². The Balaban J connectivity index is 1.41. The highest BCUT2D eigenvalue weighted by molar-refractivity contribution is 5.88. The van der Waals surface area contributed by atoms with Gasteiger partial charge in [-0.2, -0.15) is 0 Å². The average Bonchev–Trinajstić information content (AvgIpc) is 3.26. The second-order valence-corrected chi connectivity index (χ2v) is 10.5. The zero-order valence-corrected chi connectivity index (χ0v) is 21.6. The fourth-order valence-electron chi connectivity index (χ4n) is 6.57. The van der Waals surface area contributed by atoms with E-state index in [1.54, 1.807) is 6.07 Å². The number of aliphatic hydroxyl groups excluding tert-OH is 2. The first-order valence-corrected chi connectivity index (χ1v) is 12.6. The Hall–Kier alpha value is -3.72. The van der Waals surface area contributed by atoms with Gasteiger partial charge in [0, 0.05) is 18.0 Å². The third-order valence-corrected chi connectivity index (χ3v) is 8.45. The Morgan fingerprint density at radius 3 is 2.50 bits per heavy atom. The topological polar surface area (TPSA) is 210 Å². The molecule has 1 spiro atoms. The standard InChI is InChI=1S/C26H29NO13/c1-27-8-7-25-17-11-3-4-12(37-2)20(17)40-21(25)13(5-6-26(25,36)15(27)9-11)38-23(34)18(30)19(31)24(35)39-14(22(32)33)10-16(28)29/h3-5,14-15,18-19,21,30-31,36H,6-10H2,1-2H3,(H,28,29)(H,32,33)/t14-,15-,18+,19+,21-,25-,26+/m0/s1. The van der Waals surface area contributed by atoms with Crippen LogP contribution in [0.3, 0.4) is 0 Å². The number of aliphatic hydroxyl groups is 3. The number of methoxy groups -OCH3 is 1. The van der Waals surface area contributed by atoms with E-state index in [0.717, 1.165) is 11.1 Å². The van der Waals surface area contributed by atoms with Crippen molar-refractivity contribution in [1.82, 2.24) is 4.90 Å². The Labute approximate surface area is 227 Å². The average molecular weight is 564 g/mol. The van der Waals surface area contributed by atoms with Gasteiger partial charge in [-0.3, -0.25) is 4.79 Å². The van der Waals surface area contributed by atoms with E-state index in [9.17, 15) is 34.5 Å². The summed E-state index contributed by atoms with van der Waals surface area (Å²) in [6.45, 7) is 0.610. The zero-order chi connectivity index (χ0) is 29.1. The molecule has 2 aliphatic heterocycles. The number of carboxylic acid groups (broad SMARTS) is 2. The number of hydrogen-bond acceptors (Lipinski definition) is 12. The van der Waals surface area contributed by atoms with E-state index in [1.165, 1.54) is 13.2 Å². The number of esters is 2. The molecule has 4 aliphatic rings. The molecule has 1 fully saturated rings. The molecule has 7 atom stereocenters. The largest absolute Gasteiger partial charge is 0.493 e. The van der Waals surface area contributed by atoms with Crippen LogP contribution in [0, 0.1) is 0 Å². The molecule has 0 unspecified atom stereocenters. The molecule has 2 aliphatic carbocycles. The first-order valence-electron chi connectivity index (χ1n) is 12.6. The van der Waals surface area contributed by atoms with Crippen molar-refractivity contribution in [1.29, 1.82) is 0 Å². The number of carbonyl (C=O) groups excluding carboxylic acids is 2. The summed E-state index contributed by atoms with van der Waals surface area (Å²) >= 11 is 0. The maximum atomic E-state index is 12.9. The van der Waals surface area contributed by atoms with E-state index in [0.29, 0.717) is 30.9 Å². The van der Waals surface area contributed by atoms with Gasteiger partial charge in [0.25, 0.3) is 0 Å². The van der Waals surface area contributed by atoms with Crippen LogP contribution in [0.25, 0.3) is 0 Å². The number of ether oxygens (including phenoxy) is 4. The summed E-state index contributed by atoms with van der Waals surface area (Å²) < 4.78 is 21.7. The molecule has 14 nitrogen and oxygen atoms in total. The molecule has 0 aromatic heterocycles. The van der Waals surface area contributed by atoms with Gasteiger partial charge in [0.2, 0.25) is 6.10 Å². The number of nitrogens with zero attached hydrogens (tertiary/aromatic N) is 1. The lowest BCUT2D eigenvalue weighted by atomic mass is 9.50. The third kappa shape index (κ3) is 3.93. The summed E-state index contributed by atoms with van der Waals surface area (Å²) in [5, 5.41) is 50.5. The van der Waals surface area contributed by atoms with E-state index in [2.05, 4.69) is 9.64 Å². The smallest absolute Gasteiger partial charge is 0.345 e. The van der Waals surface area contributed by atoms with Crippen LogP contribution in [0.1, 0.15) is 30.4 Å². The van der Waals surface area contributed by atoms with Crippen molar-refractivity contribution in [2.24, 2.45) is 0 Å². The van der Waals surface area contributed by atoms with Crippen molar-refractivity contribution in [3.05, 3.63) is 35.1 Å². The number of likely N-dealkylation sites (tertiary alicyclic amines) is 1. The molecule has 2 heterocycles. The minimum atomic E-state index is -2.57. The lowest BCUT2D eigenvalue weighted by Crippen LogP contribution is -2.74.